The average Bonchev–Trinajstić information content (AvgIpc) is 2.90. The van der Waals surface area contributed by atoms with Gasteiger partial charge in [-0.05, 0) is 19.4 Å². The number of carbonyl (C=O) groups excluding carboxylic acids is 1. The number of amides is 1. The molecule has 1 aromatic rings. The second-order valence-electron chi connectivity index (χ2n) is 5.76. The average molecular weight is 357 g/mol. The zero-order valence-electron chi connectivity index (χ0n) is 13.7. The molecular weight excluding hydrogens is 334 g/mol. The number of ether oxygens (including phenoxy) is 1. The van der Waals surface area contributed by atoms with Crippen LogP contribution in [0.2, 0.25) is 0 Å². The van der Waals surface area contributed by atoms with Crippen LogP contribution in [0.15, 0.2) is 24.3 Å². The van der Waals surface area contributed by atoms with Crippen molar-refractivity contribution >= 4 is 27.5 Å². The summed E-state index contributed by atoms with van der Waals surface area (Å²) < 4.78 is 28.3. The Morgan fingerprint density at radius 1 is 1.43 bits per heavy atom. The zero-order chi connectivity index (χ0) is 17.0. The van der Waals surface area contributed by atoms with E-state index in [0.29, 0.717) is 12.2 Å². The summed E-state index contributed by atoms with van der Waals surface area (Å²) in [6.07, 6.45) is 0.645. The molecule has 0 spiro atoms. The molecular formula is C16H23NO4S2. The predicted molar refractivity (Wildman–Crippen MR) is 93.7 cm³/mol. The summed E-state index contributed by atoms with van der Waals surface area (Å²) in [5.41, 5.74) is 0.958. The molecule has 0 radical (unpaired) electrons. The SMILES string of the molecule is COc1ccccc1[C@H](C)N(C)C(=O)CS[C@H]1CCS(=O)(=O)C1. The molecule has 128 valence electrons. The first-order valence-electron chi connectivity index (χ1n) is 7.54. The Balaban J connectivity index is 1.94. The highest BCUT2D eigenvalue weighted by atomic mass is 32.2. The van der Waals surface area contributed by atoms with Crippen LogP contribution in [-0.4, -0.2) is 55.9 Å². The van der Waals surface area contributed by atoms with Crippen LogP contribution in [0.4, 0.5) is 0 Å². The number of sulfone groups is 1. The Morgan fingerprint density at radius 3 is 2.74 bits per heavy atom. The van der Waals surface area contributed by atoms with Gasteiger partial charge in [-0.1, -0.05) is 18.2 Å². The summed E-state index contributed by atoms with van der Waals surface area (Å²) in [6, 6.07) is 7.54. The fraction of sp³-hybridized carbons (Fsp3) is 0.562. The summed E-state index contributed by atoms with van der Waals surface area (Å²) in [6.45, 7) is 1.96. The number of thioether (sulfide) groups is 1. The van der Waals surface area contributed by atoms with Gasteiger partial charge in [0.25, 0.3) is 0 Å². The van der Waals surface area contributed by atoms with Gasteiger partial charge in [-0.15, -0.1) is 11.8 Å². The Kier molecular flexibility index (Phi) is 5.97. The van der Waals surface area contributed by atoms with Gasteiger partial charge >= 0.3 is 0 Å². The first-order valence-corrected chi connectivity index (χ1v) is 10.4. The molecule has 1 amide bonds. The second kappa shape index (κ2) is 7.57. The minimum Gasteiger partial charge on any atom is -0.496 e. The Labute approximate surface area is 142 Å². The molecule has 0 aromatic heterocycles. The van der Waals surface area contributed by atoms with Crippen LogP contribution < -0.4 is 4.74 Å². The maximum atomic E-state index is 12.4. The lowest BCUT2D eigenvalue weighted by Gasteiger charge is -2.27. The lowest BCUT2D eigenvalue weighted by Crippen LogP contribution is -2.31. The number of hydrogen-bond acceptors (Lipinski definition) is 5. The number of rotatable bonds is 6. The van der Waals surface area contributed by atoms with Gasteiger partial charge in [0.05, 0.1) is 30.4 Å². The number of nitrogens with zero attached hydrogens (tertiary/aromatic N) is 1. The first kappa shape index (κ1) is 18.1. The number of methoxy groups -OCH3 is 1. The molecule has 5 nitrogen and oxygen atoms in total. The van der Waals surface area contributed by atoms with E-state index in [2.05, 4.69) is 0 Å². The van der Waals surface area contributed by atoms with E-state index >= 15 is 0 Å². The number of hydrogen-bond donors (Lipinski definition) is 0. The molecule has 2 rings (SSSR count). The normalized spacial score (nSPS) is 20.9. The predicted octanol–water partition coefficient (Wildman–Crippen LogP) is 2.13. The van der Waals surface area contributed by atoms with E-state index in [-0.39, 0.29) is 28.7 Å². The Hall–Kier alpha value is -1.21. The van der Waals surface area contributed by atoms with Crippen molar-refractivity contribution in [2.75, 3.05) is 31.4 Å². The van der Waals surface area contributed by atoms with Gasteiger partial charge in [-0.25, -0.2) is 8.42 Å². The minimum absolute atomic E-state index is 0.00213. The van der Waals surface area contributed by atoms with Crippen molar-refractivity contribution in [3.8, 4) is 5.75 Å². The van der Waals surface area contributed by atoms with Crippen molar-refractivity contribution < 1.29 is 17.9 Å². The van der Waals surface area contributed by atoms with Crippen LogP contribution in [0.3, 0.4) is 0 Å². The fourth-order valence-corrected chi connectivity index (χ4v) is 6.19. The molecule has 1 aliphatic heterocycles. The van der Waals surface area contributed by atoms with Gasteiger partial charge in [0.2, 0.25) is 5.91 Å². The summed E-state index contributed by atoms with van der Waals surface area (Å²) in [7, 11) is 0.490. The highest BCUT2D eigenvalue weighted by molar-refractivity contribution is 8.02. The largest absolute Gasteiger partial charge is 0.496 e. The van der Waals surface area contributed by atoms with Gasteiger partial charge in [-0.2, -0.15) is 0 Å². The van der Waals surface area contributed by atoms with Crippen LogP contribution in [0.5, 0.6) is 5.75 Å². The maximum absolute atomic E-state index is 12.4. The summed E-state index contributed by atoms with van der Waals surface area (Å²) in [5, 5.41) is 0.0407. The number of benzene rings is 1. The van der Waals surface area contributed by atoms with Crippen molar-refractivity contribution in [2.45, 2.75) is 24.6 Å². The van der Waals surface area contributed by atoms with E-state index in [1.165, 1.54) is 11.8 Å². The monoisotopic (exact) mass is 357 g/mol. The van der Waals surface area contributed by atoms with Gasteiger partial charge < -0.3 is 9.64 Å². The van der Waals surface area contributed by atoms with Crippen molar-refractivity contribution in [2.24, 2.45) is 0 Å². The van der Waals surface area contributed by atoms with Gasteiger partial charge in [0.1, 0.15) is 5.75 Å². The van der Waals surface area contributed by atoms with Crippen LogP contribution in [0, 0.1) is 0 Å². The van der Waals surface area contributed by atoms with E-state index < -0.39 is 9.84 Å². The smallest absolute Gasteiger partial charge is 0.232 e. The molecule has 1 heterocycles. The topological polar surface area (TPSA) is 63.7 Å². The quantitative estimate of drug-likeness (QED) is 0.780. The van der Waals surface area contributed by atoms with Crippen molar-refractivity contribution in [3.63, 3.8) is 0 Å². The highest BCUT2D eigenvalue weighted by Gasteiger charge is 2.29. The Morgan fingerprint density at radius 2 is 2.13 bits per heavy atom. The summed E-state index contributed by atoms with van der Waals surface area (Å²) in [5.74, 6) is 1.49. The molecule has 0 bridgehead atoms. The van der Waals surface area contributed by atoms with E-state index in [0.717, 1.165) is 11.3 Å². The third kappa shape index (κ3) is 4.64. The molecule has 1 aromatic carbocycles. The van der Waals surface area contributed by atoms with Crippen molar-refractivity contribution in [3.05, 3.63) is 29.8 Å². The Bertz CT molecular complexity index is 660. The van der Waals surface area contributed by atoms with Gasteiger partial charge in [0, 0.05) is 17.9 Å². The molecule has 23 heavy (non-hydrogen) atoms. The third-order valence-electron chi connectivity index (χ3n) is 4.20. The number of para-hydroxylation sites is 1. The van der Waals surface area contributed by atoms with Crippen LogP contribution in [-0.2, 0) is 14.6 Å². The molecule has 1 fully saturated rings. The minimum atomic E-state index is -2.89. The molecule has 1 aliphatic rings. The van der Waals surface area contributed by atoms with E-state index in [4.69, 9.17) is 4.74 Å². The molecule has 0 aliphatic carbocycles. The van der Waals surface area contributed by atoms with E-state index in [1.54, 1.807) is 19.1 Å². The van der Waals surface area contributed by atoms with Crippen molar-refractivity contribution in [1.82, 2.24) is 4.90 Å². The summed E-state index contributed by atoms with van der Waals surface area (Å²) >= 11 is 1.44. The van der Waals surface area contributed by atoms with Gasteiger partial charge in [0.15, 0.2) is 9.84 Å². The molecule has 0 unspecified atom stereocenters. The van der Waals surface area contributed by atoms with Crippen LogP contribution >= 0.6 is 11.8 Å². The fourth-order valence-electron chi connectivity index (χ4n) is 2.62. The van der Waals surface area contributed by atoms with Gasteiger partial charge in [-0.3, -0.25) is 4.79 Å². The highest BCUT2D eigenvalue weighted by Crippen LogP contribution is 2.29. The zero-order valence-corrected chi connectivity index (χ0v) is 15.3. The first-order chi connectivity index (χ1) is 10.8. The molecule has 2 atom stereocenters. The third-order valence-corrected chi connectivity index (χ3v) is 7.46. The van der Waals surface area contributed by atoms with E-state index in [9.17, 15) is 13.2 Å². The lowest BCUT2D eigenvalue weighted by molar-refractivity contribution is -0.128. The molecule has 1 saturated heterocycles. The van der Waals surface area contributed by atoms with E-state index in [1.807, 2.05) is 31.2 Å². The maximum Gasteiger partial charge on any atom is 0.232 e. The summed E-state index contributed by atoms with van der Waals surface area (Å²) in [4.78, 5) is 14.1. The second-order valence-corrected chi connectivity index (χ2v) is 9.28. The van der Waals surface area contributed by atoms with Crippen LogP contribution in [0.25, 0.3) is 0 Å². The molecule has 7 heteroatoms. The van der Waals surface area contributed by atoms with Crippen molar-refractivity contribution in [1.29, 1.82) is 0 Å². The molecule has 0 saturated carbocycles. The molecule has 0 N–H and O–H groups in total. The lowest BCUT2D eigenvalue weighted by atomic mass is 10.1. The number of carbonyl (C=O) groups is 1. The van der Waals surface area contributed by atoms with Crippen LogP contribution in [0.1, 0.15) is 24.9 Å². The standard InChI is InChI=1S/C16H23NO4S2/c1-12(14-6-4-5-7-15(14)21-3)17(2)16(18)10-22-13-8-9-23(19,20)11-13/h4-7,12-13H,8-11H2,1-3H3/t12-,13-/m0/s1.